The van der Waals surface area contributed by atoms with Crippen molar-refractivity contribution >= 4 is 29.1 Å². The molecule has 1 aromatic heterocycles. The fourth-order valence-electron chi connectivity index (χ4n) is 4.05. The zero-order valence-electron chi connectivity index (χ0n) is 17.3. The maximum atomic E-state index is 12.8. The highest BCUT2D eigenvalue weighted by atomic mass is 35.5. The van der Waals surface area contributed by atoms with E-state index in [4.69, 9.17) is 21.1 Å². The van der Waals surface area contributed by atoms with E-state index in [2.05, 4.69) is 15.3 Å². The first kappa shape index (κ1) is 21.4. The van der Waals surface area contributed by atoms with Gasteiger partial charge in [-0.2, -0.15) is 4.98 Å². The lowest BCUT2D eigenvalue weighted by Crippen LogP contribution is -2.43. The molecule has 0 radical (unpaired) electrons. The first-order chi connectivity index (χ1) is 15.0. The lowest BCUT2D eigenvalue weighted by molar-refractivity contribution is -0.127. The van der Waals surface area contributed by atoms with Crippen molar-refractivity contribution in [1.82, 2.24) is 15.3 Å². The number of ether oxygens (including phenoxy) is 2. The van der Waals surface area contributed by atoms with Crippen LogP contribution in [0.1, 0.15) is 32.1 Å². The van der Waals surface area contributed by atoms with Gasteiger partial charge in [0.05, 0.1) is 25.4 Å². The van der Waals surface area contributed by atoms with Gasteiger partial charge in [-0.05, 0) is 49.9 Å². The predicted molar refractivity (Wildman–Crippen MR) is 115 cm³/mol. The van der Waals surface area contributed by atoms with Gasteiger partial charge in [0.15, 0.2) is 0 Å². The number of carbonyl (C=O) groups is 2. The standard InChI is InChI=1S/C22H25ClN4O4/c1-30-19-11-24-12-20(26-19)31-18-8-4-16(5-9-18)25-22(29)14-10-21(28)27(13-14)17-6-2-15(23)3-7-17/h2-3,6-7,11-12,14,16,18H,4-5,8-10,13H2,1H3,(H,25,29). The van der Waals surface area contributed by atoms with Crippen LogP contribution in [0.3, 0.4) is 0 Å². The molecule has 31 heavy (non-hydrogen) atoms. The summed E-state index contributed by atoms with van der Waals surface area (Å²) in [5.41, 5.74) is 0.767. The van der Waals surface area contributed by atoms with Crippen LogP contribution >= 0.6 is 11.6 Å². The van der Waals surface area contributed by atoms with Crippen molar-refractivity contribution in [3.05, 3.63) is 41.7 Å². The fraction of sp³-hybridized carbons (Fsp3) is 0.455. The number of benzene rings is 1. The van der Waals surface area contributed by atoms with Gasteiger partial charge in [0.25, 0.3) is 0 Å². The topological polar surface area (TPSA) is 93.7 Å². The lowest BCUT2D eigenvalue weighted by Gasteiger charge is -2.29. The summed E-state index contributed by atoms with van der Waals surface area (Å²) in [6.07, 6.45) is 6.60. The Labute approximate surface area is 185 Å². The van der Waals surface area contributed by atoms with Gasteiger partial charge >= 0.3 is 0 Å². The minimum Gasteiger partial charge on any atom is -0.480 e. The number of halogens is 1. The number of hydrogen-bond acceptors (Lipinski definition) is 6. The van der Waals surface area contributed by atoms with Gasteiger partial charge in [0.1, 0.15) is 6.10 Å². The average molecular weight is 445 g/mol. The summed E-state index contributed by atoms with van der Waals surface area (Å²) >= 11 is 5.92. The molecule has 2 fully saturated rings. The third kappa shape index (κ3) is 5.25. The zero-order chi connectivity index (χ0) is 21.8. The predicted octanol–water partition coefficient (Wildman–Crippen LogP) is 3.00. The van der Waals surface area contributed by atoms with Crippen LogP contribution in [-0.2, 0) is 9.59 Å². The number of nitrogens with zero attached hydrogens (tertiary/aromatic N) is 3. The van der Waals surface area contributed by atoms with Gasteiger partial charge in [0, 0.05) is 29.7 Å². The minimum absolute atomic E-state index is 0.0306. The molecule has 1 aromatic carbocycles. The highest BCUT2D eigenvalue weighted by Crippen LogP contribution is 2.28. The van der Waals surface area contributed by atoms with Crippen molar-refractivity contribution in [1.29, 1.82) is 0 Å². The molecular weight excluding hydrogens is 420 g/mol. The summed E-state index contributed by atoms with van der Waals surface area (Å²) in [6.45, 7) is 0.388. The lowest BCUT2D eigenvalue weighted by atomic mass is 9.92. The third-order valence-corrected chi connectivity index (χ3v) is 5.99. The van der Waals surface area contributed by atoms with Crippen molar-refractivity contribution in [2.45, 2.75) is 44.2 Å². The quantitative estimate of drug-likeness (QED) is 0.736. The molecule has 1 atom stereocenters. The number of anilines is 1. The third-order valence-electron chi connectivity index (χ3n) is 5.74. The molecule has 0 spiro atoms. The number of hydrogen-bond donors (Lipinski definition) is 1. The Hall–Kier alpha value is -2.87. The van der Waals surface area contributed by atoms with Gasteiger partial charge < -0.3 is 19.7 Å². The van der Waals surface area contributed by atoms with E-state index in [1.165, 1.54) is 13.3 Å². The summed E-state index contributed by atoms with van der Waals surface area (Å²) in [4.78, 5) is 35.1. The Morgan fingerprint density at radius 2 is 1.84 bits per heavy atom. The van der Waals surface area contributed by atoms with Crippen LogP contribution < -0.4 is 19.7 Å². The number of methoxy groups -OCH3 is 1. The average Bonchev–Trinajstić information content (AvgIpc) is 3.17. The van der Waals surface area contributed by atoms with E-state index in [-0.39, 0.29) is 36.3 Å². The van der Waals surface area contributed by atoms with Crippen molar-refractivity contribution in [2.75, 3.05) is 18.6 Å². The molecule has 8 nitrogen and oxygen atoms in total. The number of carbonyl (C=O) groups excluding carboxylic acids is 2. The smallest absolute Gasteiger partial charge is 0.235 e. The molecule has 1 aliphatic carbocycles. The fourth-order valence-corrected chi connectivity index (χ4v) is 4.18. The maximum Gasteiger partial charge on any atom is 0.235 e. The number of amides is 2. The molecule has 164 valence electrons. The van der Waals surface area contributed by atoms with E-state index in [0.29, 0.717) is 23.3 Å². The maximum absolute atomic E-state index is 12.8. The van der Waals surface area contributed by atoms with E-state index in [1.807, 2.05) is 0 Å². The molecule has 1 saturated carbocycles. The van der Waals surface area contributed by atoms with Crippen molar-refractivity contribution < 1.29 is 19.1 Å². The largest absolute Gasteiger partial charge is 0.480 e. The summed E-state index contributed by atoms with van der Waals surface area (Å²) in [5.74, 6) is 0.409. The number of rotatable bonds is 6. The molecule has 9 heteroatoms. The number of nitrogens with one attached hydrogen (secondary N) is 1. The van der Waals surface area contributed by atoms with Crippen molar-refractivity contribution in [3.63, 3.8) is 0 Å². The first-order valence-electron chi connectivity index (χ1n) is 10.4. The Morgan fingerprint density at radius 1 is 1.13 bits per heavy atom. The van der Waals surface area contributed by atoms with E-state index >= 15 is 0 Å². The summed E-state index contributed by atoms with van der Waals surface area (Å²) < 4.78 is 11.0. The van der Waals surface area contributed by atoms with Crippen LogP contribution in [0.25, 0.3) is 0 Å². The van der Waals surface area contributed by atoms with Crippen LogP contribution in [0.4, 0.5) is 5.69 Å². The molecule has 2 aromatic rings. The Morgan fingerprint density at radius 3 is 2.55 bits per heavy atom. The van der Waals surface area contributed by atoms with Gasteiger partial charge in [-0.1, -0.05) is 11.6 Å². The second-order valence-electron chi connectivity index (χ2n) is 7.88. The molecule has 2 aliphatic rings. The van der Waals surface area contributed by atoms with E-state index < -0.39 is 0 Å². The van der Waals surface area contributed by atoms with Crippen LogP contribution in [0.2, 0.25) is 5.02 Å². The highest BCUT2D eigenvalue weighted by molar-refractivity contribution is 6.30. The normalized spacial score (nSPS) is 23.5. The molecule has 1 N–H and O–H groups in total. The molecule has 2 heterocycles. The SMILES string of the molecule is COc1cncc(OC2CCC(NC(=O)C3CC(=O)N(c4ccc(Cl)cc4)C3)CC2)n1. The molecule has 1 aliphatic heterocycles. The molecule has 1 saturated heterocycles. The molecule has 4 rings (SSSR count). The first-order valence-corrected chi connectivity index (χ1v) is 10.8. The van der Waals surface area contributed by atoms with Crippen molar-refractivity contribution in [2.24, 2.45) is 5.92 Å². The van der Waals surface area contributed by atoms with Crippen LogP contribution in [0, 0.1) is 5.92 Å². The summed E-state index contributed by atoms with van der Waals surface area (Å²) in [6, 6.07) is 7.18. The molecule has 2 amide bonds. The highest BCUT2D eigenvalue weighted by Gasteiger charge is 2.36. The molecule has 1 unspecified atom stereocenters. The van der Waals surface area contributed by atoms with E-state index in [9.17, 15) is 9.59 Å². The van der Waals surface area contributed by atoms with Gasteiger partial charge in [0.2, 0.25) is 23.6 Å². The zero-order valence-corrected chi connectivity index (χ0v) is 18.0. The summed E-state index contributed by atoms with van der Waals surface area (Å²) in [5, 5.41) is 3.74. The molecular formula is C22H25ClN4O4. The molecule has 0 bridgehead atoms. The van der Waals surface area contributed by atoms with Crippen LogP contribution in [0.5, 0.6) is 11.8 Å². The van der Waals surface area contributed by atoms with Crippen LogP contribution in [-0.4, -0.2) is 47.6 Å². The Kier molecular flexibility index (Phi) is 6.56. The van der Waals surface area contributed by atoms with Gasteiger partial charge in [-0.25, -0.2) is 0 Å². The van der Waals surface area contributed by atoms with Crippen LogP contribution in [0.15, 0.2) is 36.7 Å². The minimum atomic E-state index is -0.343. The Bertz CT molecular complexity index is 931. The van der Waals surface area contributed by atoms with Gasteiger partial charge in [-0.15, -0.1) is 0 Å². The van der Waals surface area contributed by atoms with Crippen molar-refractivity contribution in [3.8, 4) is 11.8 Å². The van der Waals surface area contributed by atoms with E-state index in [1.54, 1.807) is 35.4 Å². The second kappa shape index (κ2) is 9.51. The monoisotopic (exact) mass is 444 g/mol. The summed E-state index contributed by atoms with van der Waals surface area (Å²) in [7, 11) is 1.54. The number of aromatic nitrogens is 2. The van der Waals surface area contributed by atoms with Gasteiger partial charge in [-0.3, -0.25) is 14.6 Å². The Balaban J connectivity index is 1.25. The van der Waals surface area contributed by atoms with E-state index in [0.717, 1.165) is 31.4 Å². The second-order valence-corrected chi connectivity index (χ2v) is 8.32.